The second-order valence-electron chi connectivity index (χ2n) is 5.41. The Hall–Kier alpha value is -2.66. The number of hydrogen-bond donors (Lipinski definition) is 1. The summed E-state index contributed by atoms with van der Waals surface area (Å²) >= 11 is 5.93. The summed E-state index contributed by atoms with van der Waals surface area (Å²) in [5, 5.41) is 11.2. The number of rotatable bonds is 5. The number of aryl methyl sites for hydroxylation is 1. The molecule has 0 spiro atoms. The molecule has 0 saturated heterocycles. The fraction of sp³-hybridized carbons (Fsp3) is 0.167. The molecule has 0 fully saturated rings. The molecule has 0 bridgehead atoms. The quantitative estimate of drug-likeness (QED) is 0.768. The van der Waals surface area contributed by atoms with Crippen LogP contribution in [0.4, 0.5) is 0 Å². The van der Waals surface area contributed by atoms with Gasteiger partial charge in [-0.3, -0.25) is 4.79 Å². The van der Waals surface area contributed by atoms with Gasteiger partial charge < -0.3 is 9.73 Å². The summed E-state index contributed by atoms with van der Waals surface area (Å²) in [5.41, 5.74) is 2.97. The Morgan fingerprint density at radius 2 is 1.96 bits per heavy atom. The van der Waals surface area contributed by atoms with Crippen LogP contribution in [0.1, 0.15) is 21.8 Å². The van der Waals surface area contributed by atoms with Crippen LogP contribution in [-0.2, 0) is 6.42 Å². The number of nitrogens with zero attached hydrogens (tertiary/aromatic N) is 2. The number of amides is 1. The molecule has 1 N–H and O–H groups in total. The van der Waals surface area contributed by atoms with Crippen LogP contribution in [0, 0.1) is 6.92 Å². The molecule has 0 aliphatic heterocycles. The number of nitrogens with one attached hydrogen (secondary N) is 1. The van der Waals surface area contributed by atoms with Gasteiger partial charge in [-0.1, -0.05) is 41.4 Å². The Balaban J connectivity index is 1.58. The second kappa shape index (κ2) is 7.27. The minimum Gasteiger partial charge on any atom is -0.412 e. The molecule has 1 amide bonds. The van der Waals surface area contributed by atoms with Gasteiger partial charge in [0.15, 0.2) is 0 Å². The molecule has 1 heterocycles. The highest BCUT2D eigenvalue weighted by molar-refractivity contribution is 6.30. The first-order chi connectivity index (χ1) is 11.6. The first-order valence-electron chi connectivity index (χ1n) is 7.55. The molecule has 1 aromatic heterocycles. The van der Waals surface area contributed by atoms with Crippen LogP contribution in [-0.4, -0.2) is 22.6 Å². The zero-order valence-electron chi connectivity index (χ0n) is 13.1. The average molecular weight is 342 g/mol. The van der Waals surface area contributed by atoms with Gasteiger partial charge in [0.25, 0.3) is 0 Å². The Bertz CT molecular complexity index is 843. The van der Waals surface area contributed by atoms with E-state index in [0.717, 1.165) is 16.7 Å². The van der Waals surface area contributed by atoms with Crippen molar-refractivity contribution in [3.8, 4) is 11.5 Å². The lowest BCUT2D eigenvalue weighted by atomic mass is 10.1. The van der Waals surface area contributed by atoms with Crippen molar-refractivity contribution in [2.45, 2.75) is 13.3 Å². The third-order valence-corrected chi connectivity index (χ3v) is 3.74. The fourth-order valence-electron chi connectivity index (χ4n) is 2.22. The molecular weight excluding hydrogens is 326 g/mol. The zero-order valence-corrected chi connectivity index (χ0v) is 13.9. The highest BCUT2D eigenvalue weighted by Crippen LogP contribution is 2.18. The summed E-state index contributed by atoms with van der Waals surface area (Å²) in [6.07, 6.45) is 0.672. The van der Waals surface area contributed by atoms with Crippen molar-refractivity contribution in [3.63, 3.8) is 0 Å². The maximum Gasteiger partial charge on any atom is 0.308 e. The van der Waals surface area contributed by atoms with Gasteiger partial charge in [0.2, 0.25) is 5.89 Å². The molecule has 24 heavy (non-hydrogen) atoms. The first kappa shape index (κ1) is 16.2. The molecule has 122 valence electrons. The predicted octanol–water partition coefficient (Wildman–Crippen LogP) is 3.67. The maximum atomic E-state index is 12.1. The minimum absolute atomic E-state index is 0.0448. The number of carbonyl (C=O) groups is 1. The van der Waals surface area contributed by atoms with Crippen molar-refractivity contribution in [1.29, 1.82) is 0 Å². The summed E-state index contributed by atoms with van der Waals surface area (Å²) in [6, 6.07) is 15.2. The van der Waals surface area contributed by atoms with E-state index in [9.17, 15) is 4.79 Å². The van der Waals surface area contributed by atoms with E-state index < -0.39 is 0 Å². The standard InChI is InChI=1S/C18H16ClN3O2/c1-12-5-7-14(8-6-12)17-21-22-18(24-17)16(23)20-10-9-13-3-2-4-15(19)11-13/h2-8,11H,9-10H2,1H3,(H,20,23). The van der Waals surface area contributed by atoms with Crippen molar-refractivity contribution >= 4 is 17.5 Å². The van der Waals surface area contributed by atoms with Crippen LogP contribution in [0.5, 0.6) is 0 Å². The van der Waals surface area contributed by atoms with E-state index in [2.05, 4.69) is 15.5 Å². The van der Waals surface area contributed by atoms with Gasteiger partial charge in [-0.2, -0.15) is 0 Å². The fourth-order valence-corrected chi connectivity index (χ4v) is 2.43. The summed E-state index contributed by atoms with van der Waals surface area (Å²) in [5.74, 6) is -0.102. The van der Waals surface area contributed by atoms with Crippen LogP contribution in [0.2, 0.25) is 5.02 Å². The monoisotopic (exact) mass is 341 g/mol. The van der Waals surface area contributed by atoms with Gasteiger partial charge in [-0.05, 0) is 43.2 Å². The average Bonchev–Trinajstić information content (AvgIpc) is 3.05. The predicted molar refractivity (Wildman–Crippen MR) is 92.0 cm³/mol. The SMILES string of the molecule is Cc1ccc(-c2nnc(C(=O)NCCc3cccc(Cl)c3)o2)cc1. The van der Waals surface area contributed by atoms with E-state index >= 15 is 0 Å². The molecule has 0 radical (unpaired) electrons. The van der Waals surface area contributed by atoms with E-state index in [1.54, 1.807) is 0 Å². The molecule has 6 heteroatoms. The Morgan fingerprint density at radius 1 is 1.17 bits per heavy atom. The lowest BCUT2D eigenvalue weighted by Gasteiger charge is -2.03. The molecule has 0 saturated carbocycles. The third kappa shape index (κ3) is 4.00. The van der Waals surface area contributed by atoms with Gasteiger partial charge >= 0.3 is 11.8 Å². The van der Waals surface area contributed by atoms with Crippen LogP contribution in [0.3, 0.4) is 0 Å². The molecule has 3 aromatic rings. The van der Waals surface area contributed by atoms with E-state index in [4.69, 9.17) is 16.0 Å². The largest absolute Gasteiger partial charge is 0.412 e. The smallest absolute Gasteiger partial charge is 0.308 e. The number of halogens is 1. The lowest BCUT2D eigenvalue weighted by molar-refractivity contribution is 0.0920. The molecule has 0 unspecified atom stereocenters. The lowest BCUT2D eigenvalue weighted by Crippen LogP contribution is -2.26. The summed E-state index contributed by atoms with van der Waals surface area (Å²) < 4.78 is 5.44. The Morgan fingerprint density at radius 3 is 2.71 bits per heavy atom. The van der Waals surface area contributed by atoms with Crippen LogP contribution in [0.15, 0.2) is 52.9 Å². The third-order valence-electron chi connectivity index (χ3n) is 3.51. The van der Waals surface area contributed by atoms with Gasteiger partial charge in [0.1, 0.15) is 0 Å². The normalized spacial score (nSPS) is 10.6. The minimum atomic E-state index is -0.386. The highest BCUT2D eigenvalue weighted by atomic mass is 35.5. The van der Waals surface area contributed by atoms with Gasteiger partial charge in [-0.15, -0.1) is 10.2 Å². The van der Waals surface area contributed by atoms with Crippen LogP contribution < -0.4 is 5.32 Å². The van der Waals surface area contributed by atoms with E-state index in [1.165, 1.54) is 0 Å². The molecule has 0 atom stereocenters. The zero-order chi connectivity index (χ0) is 16.9. The molecule has 3 rings (SSSR count). The van der Waals surface area contributed by atoms with E-state index in [0.29, 0.717) is 23.9 Å². The van der Waals surface area contributed by atoms with Gasteiger partial charge in [0, 0.05) is 17.1 Å². The Labute approximate surface area is 144 Å². The number of hydrogen-bond acceptors (Lipinski definition) is 4. The molecule has 0 aliphatic rings. The van der Waals surface area contributed by atoms with Crippen molar-refractivity contribution in [2.75, 3.05) is 6.54 Å². The van der Waals surface area contributed by atoms with Crippen molar-refractivity contribution < 1.29 is 9.21 Å². The molecular formula is C18H16ClN3O2. The molecule has 2 aromatic carbocycles. The number of aromatic nitrogens is 2. The summed E-state index contributed by atoms with van der Waals surface area (Å²) in [7, 11) is 0. The van der Waals surface area contributed by atoms with Gasteiger partial charge in [0.05, 0.1) is 0 Å². The van der Waals surface area contributed by atoms with E-state index in [1.807, 2.05) is 55.5 Å². The van der Waals surface area contributed by atoms with Crippen molar-refractivity contribution in [2.24, 2.45) is 0 Å². The van der Waals surface area contributed by atoms with Gasteiger partial charge in [-0.25, -0.2) is 0 Å². The maximum absolute atomic E-state index is 12.1. The Kier molecular flexibility index (Phi) is 4.91. The number of benzene rings is 2. The van der Waals surface area contributed by atoms with Crippen molar-refractivity contribution in [3.05, 3.63) is 70.6 Å². The summed E-state index contributed by atoms with van der Waals surface area (Å²) in [4.78, 5) is 12.1. The van der Waals surface area contributed by atoms with Crippen LogP contribution >= 0.6 is 11.6 Å². The van der Waals surface area contributed by atoms with E-state index in [-0.39, 0.29) is 11.8 Å². The molecule has 0 aliphatic carbocycles. The first-order valence-corrected chi connectivity index (χ1v) is 7.93. The summed E-state index contributed by atoms with van der Waals surface area (Å²) in [6.45, 7) is 2.46. The second-order valence-corrected chi connectivity index (χ2v) is 5.85. The highest BCUT2D eigenvalue weighted by Gasteiger charge is 2.15. The van der Waals surface area contributed by atoms with Crippen molar-refractivity contribution in [1.82, 2.24) is 15.5 Å². The molecule has 5 nitrogen and oxygen atoms in total. The topological polar surface area (TPSA) is 68.0 Å². The number of carbonyl (C=O) groups excluding carboxylic acids is 1. The van der Waals surface area contributed by atoms with Crippen LogP contribution in [0.25, 0.3) is 11.5 Å².